The Labute approximate surface area is 221 Å². The molecule has 0 spiro atoms. The van der Waals surface area contributed by atoms with Crippen LogP contribution < -0.4 is 10.1 Å². The third-order valence-corrected chi connectivity index (χ3v) is 7.09. The molecule has 3 aromatic carbocycles. The molecule has 1 heterocycles. The van der Waals surface area contributed by atoms with Gasteiger partial charge >= 0.3 is 0 Å². The molecule has 194 valence electrons. The summed E-state index contributed by atoms with van der Waals surface area (Å²) in [6.07, 6.45) is 8.23. The summed E-state index contributed by atoms with van der Waals surface area (Å²) in [5.74, 6) is 1.61. The van der Waals surface area contributed by atoms with Gasteiger partial charge in [-0.3, -0.25) is 4.79 Å². The molecule has 0 aliphatic carbocycles. The molecule has 37 heavy (non-hydrogen) atoms. The molecular weight excluding hydrogens is 456 g/mol. The number of benzene rings is 3. The highest BCUT2D eigenvalue weighted by molar-refractivity contribution is 5.89. The third kappa shape index (κ3) is 6.62. The first-order chi connectivity index (χ1) is 18.1. The standard InChI is InChI=1S/C33H40N2O2/c1-4-7-8-12-21-34-32(36)23-30(26-16-13-19-28(22-26)37-27-17-10-9-11-18-27)31-24-35(6-3)33-25(5-2)15-14-20-29(31)33/h9-11,13-20,22,24,30H,4-8,12,21,23H2,1-3H3,(H,34,36). The van der Waals surface area contributed by atoms with Gasteiger partial charge in [0, 0.05) is 37.0 Å². The van der Waals surface area contributed by atoms with Crippen LogP contribution >= 0.6 is 0 Å². The molecule has 0 radical (unpaired) electrons. The fraction of sp³-hybridized carbons (Fsp3) is 0.364. The lowest BCUT2D eigenvalue weighted by atomic mass is 9.87. The second-order valence-corrected chi connectivity index (χ2v) is 9.69. The maximum absolute atomic E-state index is 13.2. The largest absolute Gasteiger partial charge is 0.457 e. The van der Waals surface area contributed by atoms with Crippen molar-refractivity contribution in [1.82, 2.24) is 9.88 Å². The number of carbonyl (C=O) groups is 1. The van der Waals surface area contributed by atoms with Crippen LogP contribution in [-0.2, 0) is 17.8 Å². The molecule has 4 aromatic rings. The van der Waals surface area contributed by atoms with Crippen LogP contribution in [0.3, 0.4) is 0 Å². The van der Waals surface area contributed by atoms with Gasteiger partial charge in [0.15, 0.2) is 0 Å². The average molecular weight is 497 g/mol. The number of carbonyl (C=O) groups excluding carboxylic acids is 1. The molecule has 1 atom stereocenters. The lowest BCUT2D eigenvalue weighted by Gasteiger charge is -2.18. The quantitative estimate of drug-likeness (QED) is 0.189. The summed E-state index contributed by atoms with van der Waals surface area (Å²) in [7, 11) is 0. The summed E-state index contributed by atoms with van der Waals surface area (Å²) in [4.78, 5) is 13.2. The number of aromatic nitrogens is 1. The van der Waals surface area contributed by atoms with E-state index in [1.54, 1.807) is 0 Å². The molecule has 0 aliphatic heterocycles. The van der Waals surface area contributed by atoms with E-state index in [-0.39, 0.29) is 11.8 Å². The Morgan fingerprint density at radius 1 is 0.892 bits per heavy atom. The van der Waals surface area contributed by atoms with E-state index in [1.807, 2.05) is 42.5 Å². The van der Waals surface area contributed by atoms with Gasteiger partial charge in [-0.1, -0.05) is 81.6 Å². The molecule has 0 saturated heterocycles. The molecule has 1 aromatic heterocycles. The Morgan fingerprint density at radius 3 is 2.43 bits per heavy atom. The third-order valence-electron chi connectivity index (χ3n) is 7.09. The maximum Gasteiger partial charge on any atom is 0.220 e. The Bertz CT molecular complexity index is 1290. The summed E-state index contributed by atoms with van der Waals surface area (Å²) in [5.41, 5.74) is 4.91. The Morgan fingerprint density at radius 2 is 1.68 bits per heavy atom. The van der Waals surface area contributed by atoms with Crippen LogP contribution in [0.1, 0.15) is 75.5 Å². The lowest BCUT2D eigenvalue weighted by molar-refractivity contribution is -0.121. The van der Waals surface area contributed by atoms with Gasteiger partial charge in [0.05, 0.1) is 5.52 Å². The number of nitrogens with one attached hydrogen (secondary N) is 1. The minimum atomic E-state index is -0.0719. The molecule has 1 unspecified atom stereocenters. The first kappa shape index (κ1) is 26.5. The van der Waals surface area contributed by atoms with E-state index in [2.05, 4.69) is 67.2 Å². The van der Waals surface area contributed by atoms with E-state index in [1.165, 1.54) is 34.9 Å². The fourth-order valence-electron chi connectivity index (χ4n) is 5.14. The number of rotatable bonds is 13. The van der Waals surface area contributed by atoms with Gasteiger partial charge in [0.25, 0.3) is 0 Å². The van der Waals surface area contributed by atoms with Gasteiger partial charge in [-0.15, -0.1) is 0 Å². The minimum absolute atomic E-state index is 0.0719. The van der Waals surface area contributed by atoms with Crippen molar-refractivity contribution >= 4 is 16.8 Å². The van der Waals surface area contributed by atoms with Crippen molar-refractivity contribution in [3.05, 3.63) is 95.7 Å². The molecule has 0 aliphatic rings. The van der Waals surface area contributed by atoms with Crippen LogP contribution in [0.5, 0.6) is 11.5 Å². The van der Waals surface area contributed by atoms with Crippen molar-refractivity contribution < 1.29 is 9.53 Å². The molecule has 0 fully saturated rings. The Hall–Kier alpha value is -3.53. The molecule has 0 bridgehead atoms. The van der Waals surface area contributed by atoms with Gasteiger partial charge < -0.3 is 14.6 Å². The van der Waals surface area contributed by atoms with Crippen LogP contribution in [0.15, 0.2) is 79.0 Å². The van der Waals surface area contributed by atoms with Crippen molar-refractivity contribution in [1.29, 1.82) is 0 Å². The first-order valence-corrected chi connectivity index (χ1v) is 13.8. The zero-order chi connectivity index (χ0) is 26.0. The normalized spacial score (nSPS) is 12.0. The highest BCUT2D eigenvalue weighted by atomic mass is 16.5. The van der Waals surface area contributed by atoms with E-state index in [0.717, 1.165) is 49.4 Å². The van der Waals surface area contributed by atoms with Crippen molar-refractivity contribution in [2.75, 3.05) is 6.54 Å². The van der Waals surface area contributed by atoms with Gasteiger partial charge in [0.1, 0.15) is 11.5 Å². The first-order valence-electron chi connectivity index (χ1n) is 13.8. The van der Waals surface area contributed by atoms with E-state index in [4.69, 9.17) is 4.74 Å². The van der Waals surface area contributed by atoms with Crippen molar-refractivity contribution in [3.63, 3.8) is 0 Å². The number of aryl methyl sites for hydroxylation is 2. The highest BCUT2D eigenvalue weighted by Gasteiger charge is 2.24. The van der Waals surface area contributed by atoms with Gasteiger partial charge in [-0.25, -0.2) is 0 Å². The van der Waals surface area contributed by atoms with Crippen molar-refractivity contribution in [2.45, 2.75) is 71.8 Å². The number of ether oxygens (including phenoxy) is 1. The SMILES string of the molecule is CCCCCCNC(=O)CC(c1cccc(Oc2ccccc2)c1)c1cn(CC)c2c(CC)cccc12. The van der Waals surface area contributed by atoms with Crippen LogP contribution in [0.2, 0.25) is 0 Å². The summed E-state index contributed by atoms with van der Waals surface area (Å²) in [6.45, 7) is 8.22. The number of nitrogens with zero attached hydrogens (tertiary/aromatic N) is 1. The molecule has 0 saturated carbocycles. The molecular formula is C33H40N2O2. The number of fused-ring (bicyclic) bond motifs is 1. The molecule has 4 rings (SSSR count). The Balaban J connectivity index is 1.69. The number of hydrogen-bond acceptors (Lipinski definition) is 2. The zero-order valence-electron chi connectivity index (χ0n) is 22.5. The Kier molecular flexibility index (Phi) is 9.42. The van der Waals surface area contributed by atoms with Gasteiger partial charge in [-0.2, -0.15) is 0 Å². The lowest BCUT2D eigenvalue weighted by Crippen LogP contribution is -2.26. The van der Waals surface area contributed by atoms with E-state index >= 15 is 0 Å². The van der Waals surface area contributed by atoms with Crippen LogP contribution in [0.25, 0.3) is 10.9 Å². The summed E-state index contributed by atoms with van der Waals surface area (Å²) in [5, 5.41) is 4.41. The topological polar surface area (TPSA) is 43.3 Å². The van der Waals surface area contributed by atoms with Crippen molar-refractivity contribution in [3.8, 4) is 11.5 Å². The molecule has 1 N–H and O–H groups in total. The second kappa shape index (κ2) is 13.1. The van der Waals surface area contributed by atoms with Crippen LogP contribution in [0.4, 0.5) is 0 Å². The van der Waals surface area contributed by atoms with E-state index in [0.29, 0.717) is 6.42 Å². The van der Waals surface area contributed by atoms with E-state index < -0.39 is 0 Å². The fourth-order valence-corrected chi connectivity index (χ4v) is 5.14. The second-order valence-electron chi connectivity index (χ2n) is 9.69. The average Bonchev–Trinajstić information content (AvgIpc) is 3.31. The van der Waals surface area contributed by atoms with Crippen LogP contribution in [-0.4, -0.2) is 17.0 Å². The highest BCUT2D eigenvalue weighted by Crippen LogP contribution is 2.37. The van der Waals surface area contributed by atoms with Gasteiger partial charge in [0.2, 0.25) is 5.91 Å². The maximum atomic E-state index is 13.2. The number of hydrogen-bond donors (Lipinski definition) is 1. The number of para-hydroxylation sites is 2. The monoisotopic (exact) mass is 496 g/mol. The van der Waals surface area contributed by atoms with Crippen LogP contribution in [0, 0.1) is 0 Å². The van der Waals surface area contributed by atoms with Crippen molar-refractivity contribution in [2.24, 2.45) is 0 Å². The number of unbranched alkanes of at least 4 members (excludes halogenated alkanes) is 3. The predicted octanol–water partition coefficient (Wildman–Crippen LogP) is 8.23. The molecule has 4 heteroatoms. The number of amides is 1. The van der Waals surface area contributed by atoms with Gasteiger partial charge in [-0.05, 0) is 60.7 Å². The molecule has 1 amide bonds. The molecule has 4 nitrogen and oxygen atoms in total. The summed E-state index contributed by atoms with van der Waals surface area (Å²) < 4.78 is 8.49. The predicted molar refractivity (Wildman–Crippen MR) is 154 cm³/mol. The summed E-state index contributed by atoms with van der Waals surface area (Å²) >= 11 is 0. The minimum Gasteiger partial charge on any atom is -0.457 e. The zero-order valence-corrected chi connectivity index (χ0v) is 22.5. The smallest absolute Gasteiger partial charge is 0.220 e. The summed E-state index contributed by atoms with van der Waals surface area (Å²) in [6, 6.07) is 24.6. The van der Waals surface area contributed by atoms with E-state index in [9.17, 15) is 4.79 Å².